The first kappa shape index (κ1) is 22.3. The molecule has 0 aliphatic carbocycles. The van der Waals surface area contributed by atoms with Crippen LogP contribution in [-0.2, 0) is 11.4 Å². The number of hydrogen-bond acceptors (Lipinski definition) is 5. The van der Waals surface area contributed by atoms with E-state index in [0.29, 0.717) is 37.9 Å². The van der Waals surface area contributed by atoms with Crippen LogP contribution >= 0.6 is 35.6 Å². The van der Waals surface area contributed by atoms with Crippen molar-refractivity contribution in [2.45, 2.75) is 13.5 Å². The Morgan fingerprint density at radius 1 is 1.09 bits per heavy atom. The molecular weight excluding hydrogens is 462 g/mol. The molecule has 0 bridgehead atoms. The van der Waals surface area contributed by atoms with Crippen molar-refractivity contribution in [1.82, 2.24) is 0 Å². The first-order valence-corrected chi connectivity index (χ1v) is 11.4. The van der Waals surface area contributed by atoms with E-state index in [-0.39, 0.29) is 11.7 Å². The minimum atomic E-state index is -0.192. The van der Waals surface area contributed by atoms with Gasteiger partial charge in [0.15, 0.2) is 10.1 Å². The molecule has 1 fully saturated rings. The largest absolute Gasteiger partial charge is 0.489 e. The number of ketones is 1. The summed E-state index contributed by atoms with van der Waals surface area (Å²) in [6.45, 7) is 1.92. The summed E-state index contributed by atoms with van der Waals surface area (Å²) in [6, 6.07) is 21.9. The summed E-state index contributed by atoms with van der Waals surface area (Å²) in [5, 5.41) is 0.683. The number of Topliss-reactive ketones (excluding diaryl/α,β-unsaturated/α-hetero) is 1. The third-order valence-electron chi connectivity index (χ3n) is 4.80. The maximum atomic E-state index is 13.0. The molecule has 0 aromatic heterocycles. The van der Waals surface area contributed by atoms with Gasteiger partial charge in [-0.25, -0.2) is 0 Å². The van der Waals surface area contributed by atoms with Gasteiger partial charge >= 0.3 is 0 Å². The molecule has 32 heavy (non-hydrogen) atoms. The standard InChI is InChI=1S/C25H18ClNO3S2/c1-16(28)19-7-11-21(12-8-19)27-24(29)23(32-25(27)31)14-18-3-2-4-22(13-18)30-15-17-5-9-20(26)10-6-17/h2-14H,15H2,1H3. The van der Waals surface area contributed by atoms with Gasteiger partial charge in [-0.05, 0) is 72.7 Å². The number of ether oxygens (including phenoxy) is 1. The van der Waals surface area contributed by atoms with Gasteiger partial charge in [-0.3, -0.25) is 14.5 Å². The fourth-order valence-electron chi connectivity index (χ4n) is 3.13. The summed E-state index contributed by atoms with van der Waals surface area (Å²) in [5.41, 5.74) is 3.08. The molecule has 0 saturated carbocycles. The van der Waals surface area contributed by atoms with Crippen molar-refractivity contribution in [2.75, 3.05) is 4.90 Å². The van der Waals surface area contributed by atoms with Gasteiger partial charge in [0, 0.05) is 10.6 Å². The Morgan fingerprint density at radius 2 is 1.81 bits per heavy atom. The molecule has 1 aliphatic rings. The van der Waals surface area contributed by atoms with E-state index in [1.807, 2.05) is 48.5 Å². The minimum absolute atomic E-state index is 0.0278. The Hall–Kier alpha value is -2.93. The van der Waals surface area contributed by atoms with Crippen molar-refractivity contribution < 1.29 is 14.3 Å². The molecular formula is C25H18ClNO3S2. The number of anilines is 1. The second-order valence-electron chi connectivity index (χ2n) is 7.11. The Bertz CT molecular complexity index is 1220. The monoisotopic (exact) mass is 479 g/mol. The molecule has 1 aliphatic heterocycles. The fraction of sp³-hybridized carbons (Fsp3) is 0.0800. The van der Waals surface area contributed by atoms with Crippen LogP contribution in [0, 0.1) is 0 Å². The van der Waals surface area contributed by atoms with Gasteiger partial charge in [-0.15, -0.1) is 0 Å². The van der Waals surface area contributed by atoms with Crippen molar-refractivity contribution >= 4 is 63.4 Å². The lowest BCUT2D eigenvalue weighted by Gasteiger charge is -2.14. The van der Waals surface area contributed by atoms with Crippen molar-refractivity contribution in [3.8, 4) is 5.75 Å². The van der Waals surface area contributed by atoms with Crippen LogP contribution in [0.2, 0.25) is 5.02 Å². The van der Waals surface area contributed by atoms with E-state index in [0.717, 1.165) is 11.1 Å². The van der Waals surface area contributed by atoms with Crippen molar-refractivity contribution in [3.05, 3.63) is 99.4 Å². The molecule has 1 amide bonds. The Balaban J connectivity index is 1.49. The zero-order valence-corrected chi connectivity index (χ0v) is 19.5. The first-order chi connectivity index (χ1) is 15.4. The van der Waals surface area contributed by atoms with Gasteiger partial charge in [0.05, 0.1) is 10.6 Å². The van der Waals surface area contributed by atoms with Gasteiger partial charge in [0.25, 0.3) is 5.91 Å². The van der Waals surface area contributed by atoms with Crippen LogP contribution in [0.3, 0.4) is 0 Å². The summed E-state index contributed by atoms with van der Waals surface area (Å²) in [4.78, 5) is 26.5. The zero-order chi connectivity index (χ0) is 22.7. The Morgan fingerprint density at radius 3 is 2.50 bits per heavy atom. The highest BCUT2D eigenvalue weighted by molar-refractivity contribution is 8.27. The molecule has 0 spiro atoms. The van der Waals surface area contributed by atoms with Gasteiger partial charge in [-0.2, -0.15) is 0 Å². The van der Waals surface area contributed by atoms with Crippen molar-refractivity contribution in [2.24, 2.45) is 0 Å². The second kappa shape index (κ2) is 9.69. The number of thioether (sulfide) groups is 1. The van der Waals surface area contributed by atoms with E-state index in [2.05, 4.69) is 0 Å². The number of rotatable bonds is 6. The highest BCUT2D eigenvalue weighted by Gasteiger charge is 2.33. The molecule has 160 valence electrons. The van der Waals surface area contributed by atoms with Crippen LogP contribution in [0.5, 0.6) is 5.75 Å². The highest BCUT2D eigenvalue weighted by Crippen LogP contribution is 2.36. The third kappa shape index (κ3) is 5.10. The molecule has 4 nitrogen and oxygen atoms in total. The number of halogens is 1. The van der Waals surface area contributed by atoms with Crippen LogP contribution in [0.1, 0.15) is 28.4 Å². The van der Waals surface area contributed by atoms with E-state index < -0.39 is 0 Å². The van der Waals surface area contributed by atoms with Crippen LogP contribution in [0.15, 0.2) is 77.7 Å². The normalized spacial score (nSPS) is 14.8. The van der Waals surface area contributed by atoms with Crippen LogP contribution < -0.4 is 9.64 Å². The summed E-state index contributed by atoms with van der Waals surface area (Å²) in [6.07, 6.45) is 1.80. The number of nitrogens with zero attached hydrogens (tertiary/aromatic N) is 1. The Kier molecular flexibility index (Phi) is 6.74. The number of thiocarbonyl (C=S) groups is 1. The summed E-state index contributed by atoms with van der Waals surface area (Å²) < 4.78 is 6.33. The van der Waals surface area contributed by atoms with Crippen LogP contribution in [-0.4, -0.2) is 16.0 Å². The lowest BCUT2D eigenvalue weighted by Crippen LogP contribution is -2.27. The molecule has 7 heteroatoms. The molecule has 3 aromatic carbocycles. The lowest BCUT2D eigenvalue weighted by atomic mass is 10.1. The number of carbonyl (C=O) groups excluding carboxylic acids is 2. The van der Waals surface area contributed by atoms with Gasteiger partial charge in [0.1, 0.15) is 12.4 Å². The van der Waals surface area contributed by atoms with E-state index in [1.165, 1.54) is 23.6 Å². The zero-order valence-electron chi connectivity index (χ0n) is 17.1. The van der Waals surface area contributed by atoms with Crippen LogP contribution in [0.25, 0.3) is 6.08 Å². The van der Waals surface area contributed by atoms with Crippen LogP contribution in [0.4, 0.5) is 5.69 Å². The lowest BCUT2D eigenvalue weighted by molar-refractivity contribution is -0.113. The number of benzene rings is 3. The maximum absolute atomic E-state index is 13.0. The smallest absolute Gasteiger partial charge is 0.270 e. The van der Waals surface area contributed by atoms with Gasteiger partial charge in [0.2, 0.25) is 0 Å². The SMILES string of the molecule is CC(=O)c1ccc(N2C(=O)C(=Cc3cccc(OCc4ccc(Cl)cc4)c3)SC2=S)cc1. The predicted molar refractivity (Wildman–Crippen MR) is 134 cm³/mol. The third-order valence-corrected chi connectivity index (χ3v) is 6.35. The van der Waals surface area contributed by atoms with Gasteiger partial charge in [-0.1, -0.05) is 59.8 Å². The molecule has 0 N–H and O–H groups in total. The van der Waals surface area contributed by atoms with E-state index in [4.69, 9.17) is 28.6 Å². The molecule has 4 rings (SSSR count). The average Bonchev–Trinajstić information content (AvgIpc) is 3.06. The maximum Gasteiger partial charge on any atom is 0.270 e. The fourth-order valence-corrected chi connectivity index (χ4v) is 4.55. The second-order valence-corrected chi connectivity index (χ2v) is 9.22. The quantitative estimate of drug-likeness (QED) is 0.228. The topological polar surface area (TPSA) is 46.6 Å². The average molecular weight is 480 g/mol. The summed E-state index contributed by atoms with van der Waals surface area (Å²) >= 11 is 12.6. The van der Waals surface area contributed by atoms with E-state index >= 15 is 0 Å². The number of hydrogen-bond donors (Lipinski definition) is 0. The van der Waals surface area contributed by atoms with E-state index in [9.17, 15) is 9.59 Å². The molecule has 0 radical (unpaired) electrons. The number of carbonyl (C=O) groups is 2. The highest BCUT2D eigenvalue weighted by atomic mass is 35.5. The molecule has 1 saturated heterocycles. The van der Waals surface area contributed by atoms with Crippen molar-refractivity contribution in [1.29, 1.82) is 0 Å². The van der Waals surface area contributed by atoms with Crippen molar-refractivity contribution in [3.63, 3.8) is 0 Å². The van der Waals surface area contributed by atoms with Gasteiger partial charge < -0.3 is 4.74 Å². The predicted octanol–water partition coefficient (Wildman–Crippen LogP) is 6.53. The first-order valence-electron chi connectivity index (χ1n) is 9.77. The molecule has 3 aromatic rings. The van der Waals surface area contributed by atoms with E-state index in [1.54, 1.807) is 30.3 Å². The molecule has 0 atom stereocenters. The molecule has 1 heterocycles. The summed E-state index contributed by atoms with van der Waals surface area (Å²) in [5.74, 6) is 0.479. The molecule has 0 unspecified atom stereocenters. The Labute approximate surface area is 200 Å². The minimum Gasteiger partial charge on any atom is -0.489 e. The summed E-state index contributed by atoms with van der Waals surface area (Å²) in [7, 11) is 0. The number of amides is 1.